The van der Waals surface area contributed by atoms with Gasteiger partial charge >= 0.3 is 0 Å². The van der Waals surface area contributed by atoms with E-state index in [0.29, 0.717) is 10.4 Å². The molecule has 0 aliphatic rings. The van der Waals surface area contributed by atoms with E-state index in [2.05, 4.69) is 0 Å². The summed E-state index contributed by atoms with van der Waals surface area (Å²) in [5, 5.41) is 3.95. The van der Waals surface area contributed by atoms with Gasteiger partial charge in [-0.3, -0.25) is 4.79 Å². The Morgan fingerprint density at radius 2 is 2.06 bits per heavy atom. The molecule has 0 radical (unpaired) electrons. The summed E-state index contributed by atoms with van der Waals surface area (Å²) in [6.07, 6.45) is 0. The van der Waals surface area contributed by atoms with Crippen LogP contribution in [0.1, 0.15) is 5.56 Å². The van der Waals surface area contributed by atoms with E-state index in [-0.39, 0.29) is 5.43 Å². The van der Waals surface area contributed by atoms with Crippen LogP contribution in [0.2, 0.25) is 5.02 Å². The summed E-state index contributed by atoms with van der Waals surface area (Å²) in [6, 6.07) is 5.63. The monoisotopic (exact) mass is 266 g/mol. The van der Waals surface area contributed by atoms with Gasteiger partial charge in [0.05, 0.1) is 19.8 Å². The van der Waals surface area contributed by atoms with Gasteiger partial charge in [-0.15, -0.1) is 22.7 Å². The molecule has 0 aliphatic carbocycles. The first-order valence-electron chi connectivity index (χ1n) is 4.77. The van der Waals surface area contributed by atoms with Crippen molar-refractivity contribution in [3.05, 3.63) is 44.4 Å². The number of aryl methyl sites for hydroxylation is 1. The third kappa shape index (κ3) is 1.32. The van der Waals surface area contributed by atoms with Gasteiger partial charge in [-0.25, -0.2) is 0 Å². The normalized spacial score (nSPS) is 11.4. The molecule has 80 valence electrons. The number of hydrogen-bond donors (Lipinski definition) is 0. The van der Waals surface area contributed by atoms with Gasteiger partial charge < -0.3 is 0 Å². The van der Waals surface area contributed by atoms with E-state index in [4.69, 9.17) is 11.6 Å². The summed E-state index contributed by atoms with van der Waals surface area (Å²) < 4.78 is 2.08. The zero-order valence-corrected chi connectivity index (χ0v) is 10.8. The first-order chi connectivity index (χ1) is 7.68. The Bertz CT molecular complexity index is 755. The lowest BCUT2D eigenvalue weighted by molar-refractivity contribution is 1.55. The predicted molar refractivity (Wildman–Crippen MR) is 73.2 cm³/mol. The molecule has 0 spiro atoms. The molecule has 1 aromatic carbocycles. The molecule has 3 rings (SSSR count). The van der Waals surface area contributed by atoms with Gasteiger partial charge in [0, 0.05) is 4.70 Å². The second-order valence-corrected chi connectivity index (χ2v) is 6.22. The minimum absolute atomic E-state index is 0.0544. The zero-order chi connectivity index (χ0) is 11.3. The van der Waals surface area contributed by atoms with Gasteiger partial charge in [0.2, 0.25) is 0 Å². The number of benzene rings is 1. The highest BCUT2D eigenvalue weighted by atomic mass is 35.5. The minimum Gasteiger partial charge on any atom is -0.288 e. The molecule has 0 fully saturated rings. The molecule has 4 heteroatoms. The van der Waals surface area contributed by atoms with Crippen molar-refractivity contribution in [2.24, 2.45) is 0 Å². The lowest BCUT2D eigenvalue weighted by Crippen LogP contribution is -2.00. The molecule has 0 N–H and O–H groups in total. The number of halogens is 1. The van der Waals surface area contributed by atoms with E-state index in [0.717, 1.165) is 19.7 Å². The van der Waals surface area contributed by atoms with Crippen molar-refractivity contribution < 1.29 is 0 Å². The van der Waals surface area contributed by atoms with Crippen LogP contribution in [0.4, 0.5) is 0 Å². The van der Waals surface area contributed by atoms with Crippen molar-refractivity contribution in [2.45, 2.75) is 6.92 Å². The van der Waals surface area contributed by atoms with Gasteiger partial charge in [-0.2, -0.15) is 0 Å². The van der Waals surface area contributed by atoms with Crippen LogP contribution >= 0.6 is 34.3 Å². The SMILES string of the molecule is Cc1ccc(Cl)c2c(=O)c3ccsc3sc12. The molecule has 2 aromatic heterocycles. The average molecular weight is 267 g/mol. The minimum atomic E-state index is 0.0544. The summed E-state index contributed by atoms with van der Waals surface area (Å²) in [6.45, 7) is 2.01. The van der Waals surface area contributed by atoms with Crippen molar-refractivity contribution >= 4 is 53.8 Å². The molecule has 2 heterocycles. The van der Waals surface area contributed by atoms with E-state index in [1.807, 2.05) is 24.4 Å². The zero-order valence-electron chi connectivity index (χ0n) is 8.41. The fourth-order valence-electron chi connectivity index (χ4n) is 1.78. The predicted octanol–water partition coefficient (Wildman–Crippen LogP) is 4.44. The fraction of sp³-hybridized carbons (Fsp3) is 0.0833. The molecule has 1 nitrogen and oxygen atoms in total. The highest BCUT2D eigenvalue weighted by Gasteiger charge is 2.11. The summed E-state index contributed by atoms with van der Waals surface area (Å²) >= 11 is 9.37. The smallest absolute Gasteiger partial charge is 0.198 e. The maximum Gasteiger partial charge on any atom is 0.198 e. The van der Waals surface area contributed by atoms with Crippen LogP contribution in [-0.2, 0) is 0 Å². The van der Waals surface area contributed by atoms with Crippen LogP contribution in [0.3, 0.4) is 0 Å². The van der Waals surface area contributed by atoms with E-state index < -0.39 is 0 Å². The van der Waals surface area contributed by atoms with Crippen LogP contribution in [0, 0.1) is 6.92 Å². The van der Waals surface area contributed by atoms with Gasteiger partial charge in [0.25, 0.3) is 0 Å². The van der Waals surface area contributed by atoms with Gasteiger partial charge in [-0.05, 0) is 30.0 Å². The number of rotatable bonds is 0. The lowest BCUT2D eigenvalue weighted by Gasteiger charge is -2.02. The van der Waals surface area contributed by atoms with Gasteiger partial charge in [0.15, 0.2) is 5.43 Å². The molecule has 0 aliphatic heterocycles. The van der Waals surface area contributed by atoms with Crippen molar-refractivity contribution in [3.63, 3.8) is 0 Å². The molecule has 3 aromatic rings. The molecule has 0 bridgehead atoms. The van der Waals surface area contributed by atoms with Crippen molar-refractivity contribution in [1.29, 1.82) is 0 Å². The van der Waals surface area contributed by atoms with Crippen molar-refractivity contribution in [2.75, 3.05) is 0 Å². The second kappa shape index (κ2) is 3.55. The van der Waals surface area contributed by atoms with Crippen LogP contribution in [0.15, 0.2) is 28.4 Å². The summed E-state index contributed by atoms with van der Waals surface area (Å²) in [7, 11) is 0. The van der Waals surface area contributed by atoms with Crippen LogP contribution in [-0.4, -0.2) is 0 Å². The summed E-state index contributed by atoms with van der Waals surface area (Å²) in [5.74, 6) is 0. The van der Waals surface area contributed by atoms with Crippen molar-refractivity contribution in [1.82, 2.24) is 0 Å². The second-order valence-electron chi connectivity index (χ2n) is 3.62. The summed E-state index contributed by atoms with van der Waals surface area (Å²) in [5.41, 5.74) is 1.16. The molecule has 0 amide bonds. The molecule has 0 unspecified atom stereocenters. The van der Waals surface area contributed by atoms with E-state index in [9.17, 15) is 4.79 Å². The molecular formula is C12H7ClOS2. The highest BCUT2D eigenvalue weighted by Crippen LogP contribution is 2.33. The standard InChI is InChI=1S/C12H7ClOS2/c1-6-2-3-8(13)9-10(14)7-4-5-15-12(7)16-11(6)9/h2-5H,1H3. The number of hydrogen-bond acceptors (Lipinski definition) is 3. The largest absolute Gasteiger partial charge is 0.288 e. The van der Waals surface area contributed by atoms with Crippen LogP contribution < -0.4 is 5.43 Å². The van der Waals surface area contributed by atoms with E-state index in [1.165, 1.54) is 0 Å². The van der Waals surface area contributed by atoms with Gasteiger partial charge in [-0.1, -0.05) is 17.7 Å². The maximum absolute atomic E-state index is 12.3. The lowest BCUT2D eigenvalue weighted by atomic mass is 10.1. The Hall–Kier alpha value is -0.900. The average Bonchev–Trinajstić information content (AvgIpc) is 2.72. The quantitative estimate of drug-likeness (QED) is 0.588. The van der Waals surface area contributed by atoms with Crippen LogP contribution in [0.5, 0.6) is 0 Å². The van der Waals surface area contributed by atoms with Crippen molar-refractivity contribution in [3.8, 4) is 0 Å². The topological polar surface area (TPSA) is 17.1 Å². The first kappa shape index (κ1) is 10.3. The maximum atomic E-state index is 12.3. The first-order valence-corrected chi connectivity index (χ1v) is 6.85. The van der Waals surface area contributed by atoms with E-state index in [1.54, 1.807) is 28.7 Å². The molecular weight excluding hydrogens is 260 g/mol. The third-order valence-corrected chi connectivity index (χ3v) is 5.30. The third-order valence-electron chi connectivity index (χ3n) is 2.60. The Kier molecular flexibility index (Phi) is 2.28. The number of fused-ring (bicyclic) bond motifs is 2. The van der Waals surface area contributed by atoms with E-state index >= 15 is 0 Å². The fourth-order valence-corrected chi connectivity index (χ4v) is 4.29. The molecule has 0 saturated heterocycles. The van der Waals surface area contributed by atoms with Crippen LogP contribution in [0.25, 0.3) is 19.5 Å². The Morgan fingerprint density at radius 1 is 1.25 bits per heavy atom. The highest BCUT2D eigenvalue weighted by molar-refractivity contribution is 7.40. The Balaban J connectivity index is 2.72. The molecule has 0 atom stereocenters. The Labute approximate surface area is 105 Å². The Morgan fingerprint density at radius 3 is 2.88 bits per heavy atom. The summed E-state index contributed by atoms with van der Waals surface area (Å²) in [4.78, 5) is 12.3. The van der Waals surface area contributed by atoms with Gasteiger partial charge in [0.1, 0.15) is 0 Å². The molecule has 0 saturated carbocycles. The molecule has 16 heavy (non-hydrogen) atoms. The number of thiophene rings is 1.